The van der Waals surface area contributed by atoms with Crippen LogP contribution in [0.25, 0.3) is 0 Å². The third-order valence-electron chi connectivity index (χ3n) is 3.45. The molecule has 1 aliphatic heterocycles. The van der Waals surface area contributed by atoms with E-state index >= 15 is 0 Å². The monoisotopic (exact) mass is 320 g/mol. The van der Waals surface area contributed by atoms with E-state index in [0.29, 0.717) is 25.6 Å². The van der Waals surface area contributed by atoms with Crippen molar-refractivity contribution in [1.82, 2.24) is 10.3 Å². The second-order valence-corrected chi connectivity index (χ2v) is 5.67. The molecule has 0 radical (unpaired) electrons. The number of amides is 1. The minimum atomic E-state index is -0.194. The molecule has 0 unspecified atom stereocenters. The van der Waals surface area contributed by atoms with E-state index in [4.69, 9.17) is 14.2 Å². The van der Waals surface area contributed by atoms with Gasteiger partial charge in [-0.25, -0.2) is 0 Å². The summed E-state index contributed by atoms with van der Waals surface area (Å²) in [5.41, 5.74) is 1.21. The van der Waals surface area contributed by atoms with Gasteiger partial charge in [-0.2, -0.15) is 0 Å². The van der Waals surface area contributed by atoms with Crippen molar-refractivity contribution >= 4 is 5.91 Å². The maximum atomic E-state index is 12.0. The Kier molecular flexibility index (Phi) is 7.03. The van der Waals surface area contributed by atoms with Crippen molar-refractivity contribution in [3.05, 3.63) is 36.2 Å². The maximum absolute atomic E-state index is 12.0. The predicted molar refractivity (Wildman–Crippen MR) is 86.3 cm³/mol. The molecule has 0 aliphatic carbocycles. The average Bonchev–Trinajstić information content (AvgIpc) is 2.55. The molecule has 126 valence electrons. The SMILES string of the molecule is CC(C)=CCO[C@@H]1CCOC[C@@H]1NC(=O)COc1cccnc1. The Morgan fingerprint density at radius 3 is 3.13 bits per heavy atom. The first-order chi connectivity index (χ1) is 11.1. The molecular formula is C17H24N2O4. The Labute approximate surface area is 136 Å². The standard InChI is InChI=1S/C17H24N2O4/c1-13(2)5-9-22-16-6-8-21-11-15(16)19-17(20)12-23-14-4-3-7-18-10-14/h3-5,7,10,15-16H,6,8-9,11-12H2,1-2H3,(H,19,20)/t15-,16+/m0/s1. The quantitative estimate of drug-likeness (QED) is 0.775. The van der Waals surface area contributed by atoms with Crippen molar-refractivity contribution in [2.24, 2.45) is 0 Å². The molecule has 1 aromatic heterocycles. The van der Waals surface area contributed by atoms with Crippen LogP contribution in [-0.2, 0) is 14.3 Å². The van der Waals surface area contributed by atoms with E-state index in [0.717, 1.165) is 6.42 Å². The van der Waals surface area contributed by atoms with Crippen LogP contribution in [-0.4, -0.2) is 49.5 Å². The van der Waals surface area contributed by atoms with Gasteiger partial charge in [0.1, 0.15) is 5.75 Å². The summed E-state index contributed by atoms with van der Waals surface area (Å²) in [5.74, 6) is 0.374. The highest BCUT2D eigenvalue weighted by atomic mass is 16.5. The van der Waals surface area contributed by atoms with Gasteiger partial charge < -0.3 is 19.5 Å². The normalized spacial score (nSPS) is 20.6. The Bertz CT molecular complexity index is 515. The van der Waals surface area contributed by atoms with Crippen LogP contribution in [0, 0.1) is 0 Å². The summed E-state index contributed by atoms with van der Waals surface area (Å²) in [6.45, 7) is 5.66. The van der Waals surface area contributed by atoms with Gasteiger partial charge in [-0.15, -0.1) is 0 Å². The Morgan fingerprint density at radius 1 is 1.52 bits per heavy atom. The van der Waals surface area contributed by atoms with Gasteiger partial charge in [-0.05, 0) is 32.4 Å². The molecule has 1 saturated heterocycles. The fraction of sp³-hybridized carbons (Fsp3) is 0.529. The molecule has 6 heteroatoms. The predicted octanol–water partition coefficient (Wildman–Crippen LogP) is 1.72. The summed E-state index contributed by atoms with van der Waals surface area (Å²) in [6, 6.07) is 3.37. The van der Waals surface area contributed by atoms with E-state index < -0.39 is 0 Å². The minimum Gasteiger partial charge on any atom is -0.482 e. The highest BCUT2D eigenvalue weighted by molar-refractivity contribution is 5.77. The minimum absolute atomic E-state index is 0.0401. The van der Waals surface area contributed by atoms with Gasteiger partial charge in [0.25, 0.3) is 5.91 Å². The number of carbonyl (C=O) groups excluding carboxylic acids is 1. The van der Waals surface area contributed by atoms with Crippen LogP contribution < -0.4 is 10.1 Å². The number of allylic oxidation sites excluding steroid dienone is 1. The highest BCUT2D eigenvalue weighted by Gasteiger charge is 2.27. The van der Waals surface area contributed by atoms with Crippen LogP contribution in [0.1, 0.15) is 20.3 Å². The Hall–Kier alpha value is -1.92. The summed E-state index contributed by atoms with van der Waals surface area (Å²) < 4.78 is 16.7. The number of pyridine rings is 1. The van der Waals surface area contributed by atoms with Crippen LogP contribution in [0.15, 0.2) is 36.2 Å². The molecule has 0 saturated carbocycles. The van der Waals surface area contributed by atoms with Gasteiger partial charge in [0, 0.05) is 12.8 Å². The smallest absolute Gasteiger partial charge is 0.258 e. The summed E-state index contributed by atoms with van der Waals surface area (Å²) >= 11 is 0. The number of rotatable bonds is 7. The number of nitrogens with one attached hydrogen (secondary N) is 1. The van der Waals surface area contributed by atoms with Crippen molar-refractivity contribution in [3.63, 3.8) is 0 Å². The van der Waals surface area contributed by atoms with Crippen molar-refractivity contribution < 1.29 is 19.0 Å². The van der Waals surface area contributed by atoms with Gasteiger partial charge in [-0.3, -0.25) is 9.78 Å². The van der Waals surface area contributed by atoms with Gasteiger partial charge in [0.05, 0.1) is 31.6 Å². The first-order valence-electron chi connectivity index (χ1n) is 7.80. The van der Waals surface area contributed by atoms with Crippen LogP contribution in [0.5, 0.6) is 5.75 Å². The first-order valence-corrected chi connectivity index (χ1v) is 7.80. The number of hydrogen-bond donors (Lipinski definition) is 1. The third-order valence-corrected chi connectivity index (χ3v) is 3.45. The lowest BCUT2D eigenvalue weighted by molar-refractivity contribution is -0.127. The zero-order valence-electron chi connectivity index (χ0n) is 13.7. The number of hydrogen-bond acceptors (Lipinski definition) is 5. The summed E-state index contributed by atoms with van der Waals surface area (Å²) in [5, 5.41) is 2.92. The van der Waals surface area contributed by atoms with Crippen molar-refractivity contribution in [1.29, 1.82) is 0 Å². The first kappa shape index (κ1) is 17.4. The summed E-state index contributed by atoms with van der Waals surface area (Å²) in [7, 11) is 0. The average molecular weight is 320 g/mol. The molecule has 0 spiro atoms. The zero-order chi connectivity index (χ0) is 16.5. The largest absolute Gasteiger partial charge is 0.482 e. The molecule has 1 aliphatic rings. The van der Waals surface area contributed by atoms with Crippen molar-refractivity contribution in [2.45, 2.75) is 32.4 Å². The van der Waals surface area contributed by atoms with Gasteiger partial charge in [0.2, 0.25) is 0 Å². The van der Waals surface area contributed by atoms with Crippen molar-refractivity contribution in [2.75, 3.05) is 26.4 Å². The van der Waals surface area contributed by atoms with Crippen LogP contribution in [0.2, 0.25) is 0 Å². The van der Waals surface area contributed by atoms with Gasteiger partial charge in [-0.1, -0.05) is 11.6 Å². The Morgan fingerprint density at radius 2 is 2.39 bits per heavy atom. The Balaban J connectivity index is 1.78. The van der Waals surface area contributed by atoms with Crippen molar-refractivity contribution in [3.8, 4) is 5.75 Å². The number of ether oxygens (including phenoxy) is 3. The fourth-order valence-electron chi connectivity index (χ4n) is 2.22. The molecule has 6 nitrogen and oxygen atoms in total. The lowest BCUT2D eigenvalue weighted by atomic mass is 10.1. The second-order valence-electron chi connectivity index (χ2n) is 5.67. The van der Waals surface area contributed by atoms with E-state index in [-0.39, 0.29) is 24.7 Å². The van der Waals surface area contributed by atoms with Crippen LogP contribution in [0.4, 0.5) is 0 Å². The molecule has 0 aromatic carbocycles. The molecule has 23 heavy (non-hydrogen) atoms. The lowest BCUT2D eigenvalue weighted by Gasteiger charge is -2.31. The summed E-state index contributed by atoms with van der Waals surface area (Å²) in [6.07, 6.45) is 5.98. The molecule has 2 heterocycles. The van der Waals surface area contributed by atoms with E-state index in [9.17, 15) is 4.79 Å². The lowest BCUT2D eigenvalue weighted by Crippen LogP contribution is -2.51. The summed E-state index contributed by atoms with van der Waals surface area (Å²) in [4.78, 5) is 16.0. The topological polar surface area (TPSA) is 69.7 Å². The number of nitrogens with zero attached hydrogens (tertiary/aromatic N) is 1. The second kappa shape index (κ2) is 9.27. The molecular weight excluding hydrogens is 296 g/mol. The zero-order valence-corrected chi connectivity index (χ0v) is 13.7. The molecule has 2 rings (SSSR count). The number of aromatic nitrogens is 1. The van der Waals surface area contributed by atoms with Crippen LogP contribution in [0.3, 0.4) is 0 Å². The molecule has 1 aromatic rings. The molecule has 1 amide bonds. The molecule has 0 bridgehead atoms. The van der Waals surface area contributed by atoms with E-state index in [1.165, 1.54) is 5.57 Å². The maximum Gasteiger partial charge on any atom is 0.258 e. The fourth-order valence-corrected chi connectivity index (χ4v) is 2.22. The van der Waals surface area contributed by atoms with Gasteiger partial charge >= 0.3 is 0 Å². The molecule has 1 N–H and O–H groups in total. The van der Waals surface area contributed by atoms with E-state index in [1.807, 2.05) is 19.9 Å². The molecule has 2 atom stereocenters. The highest BCUT2D eigenvalue weighted by Crippen LogP contribution is 2.12. The molecule has 1 fully saturated rings. The third kappa shape index (κ3) is 6.38. The van der Waals surface area contributed by atoms with Gasteiger partial charge in [0.15, 0.2) is 6.61 Å². The van der Waals surface area contributed by atoms with E-state index in [2.05, 4.69) is 10.3 Å². The van der Waals surface area contributed by atoms with E-state index in [1.54, 1.807) is 24.5 Å². The number of carbonyl (C=O) groups is 1. The van der Waals surface area contributed by atoms with Crippen LogP contribution >= 0.6 is 0 Å².